The van der Waals surface area contributed by atoms with E-state index in [-0.39, 0.29) is 49.1 Å². The molecule has 4 saturated heterocycles. The quantitative estimate of drug-likeness (QED) is 0.227. The number of cyclic esters (lactones) is 1. The number of hydrogen-bond acceptors (Lipinski definition) is 12. The molecule has 4 aromatic rings. The number of methoxy groups -OCH3 is 1. The zero-order valence-electron chi connectivity index (χ0n) is 36.4. The Kier molecular flexibility index (Phi) is 11.7. The van der Waals surface area contributed by atoms with Crippen molar-refractivity contribution >= 4 is 45.7 Å². The van der Waals surface area contributed by atoms with Gasteiger partial charge >= 0.3 is 5.97 Å². The maximum atomic E-state index is 14.3. The maximum absolute atomic E-state index is 14.3. The predicted octanol–water partition coefficient (Wildman–Crippen LogP) is 5.52. The molecule has 0 spiro atoms. The number of aryl methyl sites for hydroxylation is 1. The topological polar surface area (TPSA) is 143 Å². The second kappa shape index (κ2) is 17.0. The molecule has 6 atom stereocenters. The molecule has 0 saturated carbocycles. The van der Waals surface area contributed by atoms with Gasteiger partial charge in [0.25, 0.3) is 5.91 Å². The van der Waals surface area contributed by atoms with Crippen molar-refractivity contribution in [3.63, 3.8) is 0 Å². The van der Waals surface area contributed by atoms with Crippen molar-refractivity contribution in [2.24, 2.45) is 11.3 Å². The SMILES string of the molecule is CCn1c(-c2cc(N3CCN(C)CC3)cnc2[C@H](C)OC)c2c3cc(ccc31)-c1csc(n1)C[C@H](NC(=O)[C@H]1C[C@@H]3CC[C@H]1O3)C(=O)N1CCC[C@H](N1)C(=O)OCC(C)(C)C2. The molecule has 3 aromatic heterocycles. The molecule has 1 aromatic carbocycles. The van der Waals surface area contributed by atoms with E-state index in [1.54, 1.807) is 7.11 Å². The number of aromatic nitrogens is 3. The molecular formula is C46H60N8O6S. The Morgan fingerprint density at radius 3 is 2.67 bits per heavy atom. The Morgan fingerprint density at radius 1 is 1.11 bits per heavy atom. The first kappa shape index (κ1) is 41.9. The summed E-state index contributed by atoms with van der Waals surface area (Å²) in [5, 5.41) is 8.50. The number of piperazine rings is 1. The van der Waals surface area contributed by atoms with Crippen molar-refractivity contribution < 1.29 is 28.6 Å². The molecule has 2 N–H and O–H groups in total. The standard InChI is InChI=1S/C46H60N8O6S/c1-7-53-38-12-10-28-19-31(38)34(42(53)33-20-29(24-47-41(33)27(2)58-6)52-17-15-51(5)16-18-52)23-46(3,4)26-59-45(57)35-9-8-14-54(50-35)44(56)36(22-40-48-37(28)25-61-40)49-43(55)32-21-30-11-13-39(32)60-30/h10,12,19-20,24-25,27,30,32,35-36,39,50H,7-9,11,13-18,21-23,26H2,1-6H3,(H,49,55)/t27-,30-,32-,35-,36-,39+/m0/s1. The van der Waals surface area contributed by atoms with E-state index in [2.05, 4.69) is 77.2 Å². The van der Waals surface area contributed by atoms with Crippen LogP contribution < -0.4 is 15.6 Å². The van der Waals surface area contributed by atoms with Crippen molar-refractivity contribution in [2.45, 2.75) is 110 Å². The number of esters is 1. The van der Waals surface area contributed by atoms with Crippen LogP contribution in [-0.4, -0.2) is 120 Å². The molecule has 8 bridgehead atoms. The number of thiazole rings is 1. The third kappa shape index (κ3) is 8.31. The van der Waals surface area contributed by atoms with Gasteiger partial charge in [0, 0.05) is 85.6 Å². The highest BCUT2D eigenvalue weighted by atomic mass is 32.1. The number of pyridine rings is 1. The summed E-state index contributed by atoms with van der Waals surface area (Å²) in [4.78, 5) is 57.0. The normalized spacial score (nSPS) is 26.4. The predicted molar refractivity (Wildman–Crippen MR) is 235 cm³/mol. The number of benzene rings is 1. The Labute approximate surface area is 362 Å². The molecule has 5 aliphatic heterocycles. The second-order valence-corrected chi connectivity index (χ2v) is 19.4. The first-order chi connectivity index (χ1) is 29.4. The molecule has 5 aliphatic rings. The third-order valence-electron chi connectivity index (χ3n) is 13.5. The summed E-state index contributed by atoms with van der Waals surface area (Å²) in [5.74, 6) is -1.14. The lowest BCUT2D eigenvalue weighted by molar-refractivity contribution is -0.155. The van der Waals surface area contributed by atoms with Crippen LogP contribution in [0.2, 0.25) is 0 Å². The van der Waals surface area contributed by atoms with Crippen LogP contribution >= 0.6 is 11.3 Å². The van der Waals surface area contributed by atoms with Gasteiger partial charge in [-0.1, -0.05) is 19.9 Å². The van der Waals surface area contributed by atoms with Gasteiger partial charge in [-0.15, -0.1) is 11.3 Å². The van der Waals surface area contributed by atoms with Crippen molar-refractivity contribution in [2.75, 3.05) is 58.4 Å². The van der Waals surface area contributed by atoms with Gasteiger partial charge in [0.15, 0.2) is 0 Å². The van der Waals surface area contributed by atoms with E-state index >= 15 is 0 Å². The van der Waals surface area contributed by atoms with Crippen LogP contribution in [0.25, 0.3) is 33.4 Å². The van der Waals surface area contributed by atoms with Gasteiger partial charge in [-0.2, -0.15) is 0 Å². The number of hydrogen-bond donors (Lipinski definition) is 2. The number of anilines is 1. The number of nitrogens with one attached hydrogen (secondary N) is 2. The van der Waals surface area contributed by atoms with Gasteiger partial charge in [0.05, 0.1) is 64.8 Å². The first-order valence-electron chi connectivity index (χ1n) is 22.2. The number of ether oxygens (including phenoxy) is 3. The van der Waals surface area contributed by atoms with Crippen LogP contribution in [0.3, 0.4) is 0 Å². The Morgan fingerprint density at radius 2 is 1.93 bits per heavy atom. The van der Waals surface area contributed by atoms with Gasteiger partial charge in [-0.05, 0) is 83.2 Å². The summed E-state index contributed by atoms with van der Waals surface area (Å²) in [6.45, 7) is 13.6. The van der Waals surface area contributed by atoms with E-state index in [1.807, 2.05) is 18.5 Å². The summed E-state index contributed by atoms with van der Waals surface area (Å²) < 4.78 is 20.5. The number of nitrogens with zero attached hydrogens (tertiary/aromatic N) is 6. The smallest absolute Gasteiger partial charge is 0.324 e. The number of amides is 2. The highest BCUT2D eigenvalue weighted by Gasteiger charge is 2.46. The number of fused-ring (bicyclic) bond motifs is 8. The fourth-order valence-electron chi connectivity index (χ4n) is 10.0. The fraction of sp³-hybridized carbons (Fsp3) is 0.587. The van der Waals surface area contributed by atoms with Crippen molar-refractivity contribution in [3.05, 3.63) is 52.1 Å². The second-order valence-electron chi connectivity index (χ2n) is 18.5. The zero-order chi connectivity index (χ0) is 42.6. The molecule has 8 heterocycles. The average molecular weight is 853 g/mol. The maximum Gasteiger partial charge on any atom is 0.324 e. The molecule has 2 amide bonds. The molecule has 0 unspecified atom stereocenters. The lowest BCUT2D eigenvalue weighted by Crippen LogP contribution is -2.61. The van der Waals surface area contributed by atoms with Crippen molar-refractivity contribution in [1.29, 1.82) is 0 Å². The van der Waals surface area contributed by atoms with Crippen molar-refractivity contribution in [1.82, 2.24) is 35.2 Å². The van der Waals surface area contributed by atoms with Crippen LogP contribution in [0, 0.1) is 11.3 Å². The summed E-state index contributed by atoms with van der Waals surface area (Å²) in [6, 6.07) is 7.28. The lowest BCUT2D eigenvalue weighted by atomic mass is 9.84. The molecule has 9 rings (SSSR count). The fourth-order valence-corrected chi connectivity index (χ4v) is 10.9. The molecule has 61 heavy (non-hydrogen) atoms. The molecule has 14 nitrogen and oxygen atoms in total. The van der Waals surface area contributed by atoms with Crippen LogP contribution in [-0.2, 0) is 48.0 Å². The largest absolute Gasteiger partial charge is 0.464 e. The molecule has 0 radical (unpaired) electrons. The van der Waals surface area contributed by atoms with Gasteiger partial charge < -0.3 is 33.9 Å². The van der Waals surface area contributed by atoms with E-state index < -0.39 is 23.5 Å². The van der Waals surface area contributed by atoms with E-state index in [9.17, 15) is 14.4 Å². The van der Waals surface area contributed by atoms with Gasteiger partial charge in [0.1, 0.15) is 12.1 Å². The number of likely N-dealkylation sites (N-methyl/N-ethyl adjacent to an activating group) is 1. The zero-order valence-corrected chi connectivity index (χ0v) is 37.2. The summed E-state index contributed by atoms with van der Waals surface area (Å²) in [6.07, 6.45) is 6.21. The van der Waals surface area contributed by atoms with Crippen LogP contribution in [0.15, 0.2) is 35.8 Å². The number of hydrazine groups is 1. The van der Waals surface area contributed by atoms with E-state index in [1.165, 1.54) is 16.3 Å². The minimum Gasteiger partial charge on any atom is -0.464 e. The number of carbonyl (C=O) groups excluding carboxylic acids is 3. The summed E-state index contributed by atoms with van der Waals surface area (Å²) >= 11 is 1.49. The monoisotopic (exact) mass is 852 g/mol. The van der Waals surface area contributed by atoms with E-state index in [0.717, 1.165) is 101 Å². The Hall–Kier alpha value is -4.41. The number of carbonyl (C=O) groups is 3. The first-order valence-corrected chi connectivity index (χ1v) is 23.0. The lowest BCUT2D eigenvalue weighted by Gasteiger charge is -2.35. The molecular weight excluding hydrogens is 793 g/mol. The highest BCUT2D eigenvalue weighted by Crippen LogP contribution is 2.43. The van der Waals surface area contributed by atoms with Gasteiger partial charge in [-0.3, -0.25) is 24.4 Å². The van der Waals surface area contributed by atoms with E-state index in [0.29, 0.717) is 32.2 Å². The number of rotatable bonds is 7. The van der Waals surface area contributed by atoms with Crippen LogP contribution in [0.4, 0.5) is 5.69 Å². The molecule has 15 heteroatoms. The molecule has 326 valence electrons. The van der Waals surface area contributed by atoms with Crippen LogP contribution in [0.1, 0.15) is 82.2 Å². The Bertz CT molecular complexity index is 2300. The summed E-state index contributed by atoms with van der Waals surface area (Å²) in [5.41, 5.74) is 10.8. The summed E-state index contributed by atoms with van der Waals surface area (Å²) in [7, 11) is 3.89. The minimum absolute atomic E-state index is 0.104. The van der Waals surface area contributed by atoms with Gasteiger partial charge in [-0.25, -0.2) is 10.4 Å². The molecule has 0 aliphatic carbocycles. The van der Waals surface area contributed by atoms with Gasteiger partial charge in [0.2, 0.25) is 5.91 Å². The highest BCUT2D eigenvalue weighted by molar-refractivity contribution is 7.10. The van der Waals surface area contributed by atoms with Crippen molar-refractivity contribution in [3.8, 4) is 22.5 Å². The molecule has 4 fully saturated rings. The van der Waals surface area contributed by atoms with E-state index in [4.69, 9.17) is 24.2 Å². The Balaban J connectivity index is 1.15. The minimum atomic E-state index is -0.875. The average Bonchev–Trinajstić information content (AvgIpc) is 4.09. The third-order valence-corrected chi connectivity index (χ3v) is 14.4. The van der Waals surface area contributed by atoms with Crippen LogP contribution in [0.5, 0.6) is 0 Å².